The number of ether oxygens (including phenoxy) is 1. The van der Waals surface area contributed by atoms with Crippen molar-refractivity contribution < 1.29 is 31.2 Å². The van der Waals surface area contributed by atoms with E-state index in [1.807, 2.05) is 0 Å². The van der Waals surface area contributed by atoms with E-state index in [1.54, 1.807) is 18.2 Å². The maximum atomic E-state index is 14.9. The van der Waals surface area contributed by atoms with Crippen molar-refractivity contribution in [3.8, 4) is 17.6 Å². The number of likely N-dealkylation sites (tertiary alicyclic amines) is 1. The highest BCUT2D eigenvalue weighted by molar-refractivity contribution is 8.00. The number of carbonyl (C=O) groups excluding carboxylic acids is 1. The molecule has 0 bridgehead atoms. The van der Waals surface area contributed by atoms with Crippen molar-refractivity contribution in [1.82, 2.24) is 19.6 Å². The molecule has 0 spiro atoms. The molecular weight excluding hydrogens is 536 g/mol. The summed E-state index contributed by atoms with van der Waals surface area (Å²) >= 11 is -0.363. The maximum Gasteiger partial charge on any atom is 0.447 e. The number of halogens is 4. The van der Waals surface area contributed by atoms with Gasteiger partial charge in [-0.15, -0.1) is 0 Å². The van der Waals surface area contributed by atoms with E-state index in [0.717, 1.165) is 4.90 Å². The molecule has 0 aliphatic carbocycles. The van der Waals surface area contributed by atoms with Crippen LogP contribution in [0.3, 0.4) is 0 Å². The number of pyridine rings is 1. The molecule has 1 saturated heterocycles. The van der Waals surface area contributed by atoms with E-state index in [2.05, 4.69) is 32.8 Å². The third kappa shape index (κ3) is 6.88. The van der Waals surface area contributed by atoms with Crippen molar-refractivity contribution >= 4 is 34.7 Å². The van der Waals surface area contributed by atoms with Crippen LogP contribution in [-0.4, -0.2) is 78.7 Å². The Morgan fingerprint density at radius 1 is 1.33 bits per heavy atom. The zero-order chi connectivity index (χ0) is 30.7. The van der Waals surface area contributed by atoms with Gasteiger partial charge in [-0.2, -0.15) is 13.2 Å². The second-order valence-electron chi connectivity index (χ2n) is 8.58. The number of aromatic nitrogens is 2. The highest BCUT2D eigenvalue weighted by Crippen LogP contribution is 2.39. The van der Waals surface area contributed by atoms with E-state index in [4.69, 9.17) is 8.85 Å². The molecule has 208 valence electrons. The number of amides is 1. The Kier molecular flexibility index (Phi) is 7.54. The van der Waals surface area contributed by atoms with Crippen LogP contribution < -0.4 is 20.7 Å². The van der Waals surface area contributed by atoms with Gasteiger partial charge in [-0.25, -0.2) is 9.37 Å². The van der Waals surface area contributed by atoms with Gasteiger partial charge in [0.1, 0.15) is 22.6 Å². The Labute approximate surface area is 231 Å². The molecule has 39 heavy (non-hydrogen) atoms. The molecule has 3 aromatic rings. The summed E-state index contributed by atoms with van der Waals surface area (Å²) in [5.41, 5.74) is -3.42. The summed E-state index contributed by atoms with van der Waals surface area (Å²) in [5.74, 6) is 5.55. The minimum Gasteiger partial charge on any atom is -0.495 e. The zero-order valence-corrected chi connectivity index (χ0v) is 21.8. The van der Waals surface area contributed by atoms with E-state index < -0.39 is 24.7 Å². The van der Waals surface area contributed by atoms with Crippen molar-refractivity contribution in [3.05, 3.63) is 47.8 Å². The van der Waals surface area contributed by atoms with Gasteiger partial charge < -0.3 is 25.6 Å². The van der Waals surface area contributed by atoms with Gasteiger partial charge in [0.25, 0.3) is 5.91 Å². The Morgan fingerprint density at radius 2 is 2.15 bits per heavy atom. The number of methoxy groups -OCH3 is 1. The minimum absolute atomic E-state index is 0.0242. The highest BCUT2D eigenvalue weighted by Gasteiger charge is 2.33. The summed E-state index contributed by atoms with van der Waals surface area (Å²) in [4.78, 5) is 17.3. The van der Waals surface area contributed by atoms with Crippen molar-refractivity contribution in [2.24, 2.45) is 0 Å². The first-order valence-electron chi connectivity index (χ1n) is 13.4. The van der Waals surface area contributed by atoms with E-state index in [-0.39, 0.29) is 60.1 Å². The first-order chi connectivity index (χ1) is 19.8. The predicted octanol–water partition coefficient (Wildman–Crippen LogP) is 4.23. The molecule has 1 aliphatic rings. The molecule has 8 nitrogen and oxygen atoms in total. The van der Waals surface area contributed by atoms with Gasteiger partial charge >= 0.3 is 5.51 Å². The first kappa shape index (κ1) is 24.4. The fraction of sp³-hybridized carbons (Fsp3) is 0.385. The molecule has 0 radical (unpaired) electrons. The second kappa shape index (κ2) is 12.0. The number of carbonyl (C=O) groups is 1. The summed E-state index contributed by atoms with van der Waals surface area (Å²) in [7, 11) is 2.94. The largest absolute Gasteiger partial charge is 0.495 e. The number of hydrogen-bond donors (Lipinski definition) is 3. The average Bonchev–Trinajstić information content (AvgIpc) is 3.27. The summed E-state index contributed by atoms with van der Waals surface area (Å²) in [6, 6.07) is 7.07. The number of anilines is 2. The monoisotopic (exact) mass is 567 g/mol. The molecule has 2 atom stereocenters. The number of nitrogens with one attached hydrogen (secondary N) is 3. The lowest BCUT2D eigenvalue weighted by molar-refractivity contribution is -0.0330. The zero-order valence-electron chi connectivity index (χ0n) is 24.0. The predicted molar refractivity (Wildman–Crippen MR) is 143 cm³/mol. The Balaban J connectivity index is 1.58. The lowest BCUT2D eigenvalue weighted by Gasteiger charge is -2.33. The molecule has 2 aromatic heterocycles. The van der Waals surface area contributed by atoms with Crippen molar-refractivity contribution in [3.63, 3.8) is 0 Å². The molecule has 13 heteroatoms. The SMILES string of the molecule is [2H]C([2H])([2H])N1CC[C@@H](Nc2cccn3c(SC(F)(F)F)c(C#CCNc4ccc(C(=O)NC)cc4OC)nc23)[C@@H](F)C1. The molecule has 0 saturated carbocycles. The molecule has 3 heterocycles. The van der Waals surface area contributed by atoms with Crippen LogP contribution in [-0.2, 0) is 0 Å². The second-order valence-corrected chi connectivity index (χ2v) is 9.63. The maximum absolute atomic E-state index is 14.9. The molecule has 3 N–H and O–H groups in total. The molecule has 1 amide bonds. The minimum atomic E-state index is -4.62. The van der Waals surface area contributed by atoms with Crippen molar-refractivity contribution in [2.45, 2.75) is 29.2 Å². The topological polar surface area (TPSA) is 82.9 Å². The number of rotatable bonds is 7. The van der Waals surface area contributed by atoms with Gasteiger partial charge in [0.2, 0.25) is 0 Å². The average molecular weight is 568 g/mol. The molecule has 1 aromatic carbocycles. The summed E-state index contributed by atoms with van der Waals surface area (Å²) in [6.07, 6.45) is 0.0666. The third-order valence-electron chi connectivity index (χ3n) is 5.97. The molecule has 1 aliphatic heterocycles. The summed E-state index contributed by atoms with van der Waals surface area (Å²) in [5, 5.41) is 8.28. The Morgan fingerprint density at radius 3 is 2.85 bits per heavy atom. The molecular formula is C26H28F4N6O2S. The number of thioether (sulfide) groups is 1. The van der Waals surface area contributed by atoms with E-state index >= 15 is 0 Å². The van der Waals surface area contributed by atoms with Gasteiger partial charge in [-0.05, 0) is 49.6 Å². The van der Waals surface area contributed by atoms with Crippen LogP contribution in [0.1, 0.15) is 26.6 Å². The number of nitrogens with zero attached hydrogens (tertiary/aromatic N) is 3. The van der Waals surface area contributed by atoms with E-state index in [1.165, 1.54) is 36.9 Å². The van der Waals surface area contributed by atoms with Crippen LogP contribution in [0.2, 0.25) is 0 Å². The Hall–Kier alpha value is -3.63. The third-order valence-corrected chi connectivity index (χ3v) is 6.78. The van der Waals surface area contributed by atoms with Crippen LogP contribution in [0.25, 0.3) is 5.65 Å². The van der Waals surface area contributed by atoms with Gasteiger partial charge in [0.05, 0.1) is 31.1 Å². The van der Waals surface area contributed by atoms with Crippen LogP contribution in [0.15, 0.2) is 41.6 Å². The summed E-state index contributed by atoms with van der Waals surface area (Å²) < 4.78 is 84.5. The molecule has 0 unspecified atom stereocenters. The van der Waals surface area contributed by atoms with Gasteiger partial charge in [-0.3, -0.25) is 9.20 Å². The fourth-order valence-corrected chi connectivity index (χ4v) is 4.76. The normalized spacial score (nSPS) is 19.3. The van der Waals surface area contributed by atoms with Crippen LogP contribution in [0, 0.1) is 11.8 Å². The number of benzene rings is 1. The Bertz CT molecular complexity index is 1510. The first-order valence-corrected chi connectivity index (χ1v) is 12.7. The molecule has 1 fully saturated rings. The quantitative estimate of drug-likeness (QED) is 0.224. The van der Waals surface area contributed by atoms with Crippen molar-refractivity contribution in [1.29, 1.82) is 0 Å². The van der Waals surface area contributed by atoms with Gasteiger partial charge in [0.15, 0.2) is 5.65 Å². The standard InChI is InChI=1S/C26H28F4N6O2S/c1-31-24(37)16-8-9-19(22(14-16)38-3)32-11-4-6-21-25(39-26(28,29)30)36-12-5-7-20(23(36)34-21)33-18-10-13-35(2)15-17(18)27/h5,7-9,12,14,17-18,32-33H,10-11,13,15H2,1-3H3,(H,31,37)/t17-,18+/m0/s1/i2D3. The fourth-order valence-electron chi connectivity index (χ4n) is 4.10. The highest BCUT2D eigenvalue weighted by atomic mass is 32.2. The van der Waals surface area contributed by atoms with Crippen LogP contribution >= 0.6 is 11.8 Å². The van der Waals surface area contributed by atoms with E-state index in [9.17, 15) is 22.4 Å². The van der Waals surface area contributed by atoms with Gasteiger partial charge in [-0.1, -0.05) is 5.92 Å². The lowest BCUT2D eigenvalue weighted by Crippen LogP contribution is -2.46. The number of alkyl halides is 4. The van der Waals surface area contributed by atoms with Crippen LogP contribution in [0.4, 0.5) is 28.9 Å². The number of fused-ring (bicyclic) bond motifs is 1. The molecule has 4 rings (SSSR count). The number of piperidine rings is 1. The lowest BCUT2D eigenvalue weighted by atomic mass is 10.0. The number of hydrogen-bond acceptors (Lipinski definition) is 7. The summed E-state index contributed by atoms with van der Waals surface area (Å²) in [6.45, 7) is -2.56. The van der Waals surface area contributed by atoms with Crippen LogP contribution in [0.5, 0.6) is 5.75 Å². The van der Waals surface area contributed by atoms with Gasteiger partial charge in [0, 0.05) is 47.8 Å². The van der Waals surface area contributed by atoms with Crippen molar-refractivity contribution in [2.75, 3.05) is 51.4 Å². The smallest absolute Gasteiger partial charge is 0.447 e. The number of imidazole rings is 1. The van der Waals surface area contributed by atoms with E-state index in [0.29, 0.717) is 22.7 Å².